The monoisotopic (exact) mass is 252 g/mol. The highest BCUT2D eigenvalue weighted by molar-refractivity contribution is 6.31. The molecular weight excluding hydrogens is 236 g/mol. The lowest BCUT2D eigenvalue weighted by molar-refractivity contribution is 0.199. The van der Waals surface area contributed by atoms with Crippen LogP contribution in [0.1, 0.15) is 25.5 Å². The number of aliphatic hydroxyl groups excluding tert-OH is 1. The highest BCUT2D eigenvalue weighted by atomic mass is 35.5. The first-order chi connectivity index (χ1) is 7.95. The number of nitriles is 1. The summed E-state index contributed by atoms with van der Waals surface area (Å²) in [4.78, 5) is 1.98. The molecule has 3 nitrogen and oxygen atoms in total. The van der Waals surface area contributed by atoms with Gasteiger partial charge in [-0.3, -0.25) is 0 Å². The summed E-state index contributed by atoms with van der Waals surface area (Å²) in [5, 5.41) is 18.8. The topological polar surface area (TPSA) is 47.3 Å². The van der Waals surface area contributed by atoms with Gasteiger partial charge in [-0.25, -0.2) is 0 Å². The average Bonchev–Trinajstić information content (AvgIpc) is 2.28. The van der Waals surface area contributed by atoms with E-state index in [2.05, 4.69) is 6.07 Å². The number of hydrogen-bond acceptors (Lipinski definition) is 3. The van der Waals surface area contributed by atoms with Gasteiger partial charge in [-0.2, -0.15) is 5.26 Å². The standard InChI is InChI=1S/C13H17ClN2O/c1-9(7-15)8-16(3)11-4-5-12(10(2)17)13(14)6-11/h4-6,9-10,17H,8H2,1-3H3. The third-order valence-corrected chi connectivity index (χ3v) is 2.97. The van der Waals surface area contributed by atoms with Crippen LogP contribution in [0.25, 0.3) is 0 Å². The summed E-state index contributed by atoms with van der Waals surface area (Å²) in [7, 11) is 1.92. The highest BCUT2D eigenvalue weighted by Gasteiger charge is 2.10. The second-order valence-electron chi connectivity index (χ2n) is 4.29. The van der Waals surface area contributed by atoms with Gasteiger partial charge in [-0.05, 0) is 31.5 Å². The predicted molar refractivity (Wildman–Crippen MR) is 70.1 cm³/mol. The van der Waals surface area contributed by atoms with Crippen molar-refractivity contribution >= 4 is 17.3 Å². The van der Waals surface area contributed by atoms with Gasteiger partial charge in [0.2, 0.25) is 0 Å². The molecule has 17 heavy (non-hydrogen) atoms. The van der Waals surface area contributed by atoms with E-state index in [4.69, 9.17) is 16.9 Å². The van der Waals surface area contributed by atoms with E-state index in [1.165, 1.54) is 0 Å². The Balaban J connectivity index is 2.87. The Hall–Kier alpha value is -1.24. The molecule has 1 rings (SSSR count). The highest BCUT2D eigenvalue weighted by Crippen LogP contribution is 2.27. The van der Waals surface area contributed by atoms with Crippen molar-refractivity contribution in [3.8, 4) is 6.07 Å². The molecule has 0 aliphatic carbocycles. The van der Waals surface area contributed by atoms with Gasteiger partial charge in [0.05, 0.1) is 18.1 Å². The van der Waals surface area contributed by atoms with Crippen LogP contribution >= 0.6 is 11.6 Å². The Morgan fingerprint density at radius 2 is 2.12 bits per heavy atom. The van der Waals surface area contributed by atoms with Crippen LogP contribution in [0, 0.1) is 17.2 Å². The van der Waals surface area contributed by atoms with E-state index in [-0.39, 0.29) is 5.92 Å². The summed E-state index contributed by atoms with van der Waals surface area (Å²) in [6.07, 6.45) is -0.570. The maximum atomic E-state index is 9.48. The SMILES string of the molecule is CC(C#N)CN(C)c1ccc(C(C)O)c(Cl)c1. The Morgan fingerprint density at radius 3 is 2.59 bits per heavy atom. The molecule has 0 aromatic heterocycles. The van der Waals surface area contributed by atoms with E-state index in [1.54, 1.807) is 6.92 Å². The van der Waals surface area contributed by atoms with Gasteiger partial charge in [0.1, 0.15) is 0 Å². The van der Waals surface area contributed by atoms with Gasteiger partial charge < -0.3 is 10.0 Å². The summed E-state index contributed by atoms with van der Waals surface area (Å²) in [5.74, 6) is -0.0322. The van der Waals surface area contributed by atoms with Crippen LogP contribution in [-0.2, 0) is 0 Å². The molecule has 0 radical (unpaired) electrons. The summed E-state index contributed by atoms with van der Waals surface area (Å²) < 4.78 is 0. The molecule has 0 aliphatic rings. The first-order valence-corrected chi connectivity index (χ1v) is 5.91. The maximum Gasteiger partial charge on any atom is 0.0776 e. The molecule has 2 unspecified atom stereocenters. The summed E-state index contributed by atoms with van der Waals surface area (Å²) in [6.45, 7) is 4.21. The van der Waals surface area contributed by atoms with Crippen LogP contribution in [0.5, 0.6) is 0 Å². The molecule has 0 saturated heterocycles. The largest absolute Gasteiger partial charge is 0.389 e. The van der Waals surface area contributed by atoms with Crippen LogP contribution in [0.2, 0.25) is 5.02 Å². The quantitative estimate of drug-likeness (QED) is 0.896. The zero-order chi connectivity index (χ0) is 13.0. The molecule has 0 aliphatic heterocycles. The minimum Gasteiger partial charge on any atom is -0.389 e. The Kier molecular flexibility index (Phi) is 4.80. The van der Waals surface area contributed by atoms with Crippen LogP contribution in [-0.4, -0.2) is 18.7 Å². The van der Waals surface area contributed by atoms with Crippen molar-refractivity contribution in [3.05, 3.63) is 28.8 Å². The molecule has 0 amide bonds. The zero-order valence-corrected chi connectivity index (χ0v) is 11.1. The van der Waals surface area contributed by atoms with Crippen LogP contribution in [0.4, 0.5) is 5.69 Å². The van der Waals surface area contributed by atoms with Crippen LogP contribution < -0.4 is 4.90 Å². The van der Waals surface area contributed by atoms with Gasteiger partial charge in [-0.1, -0.05) is 17.7 Å². The van der Waals surface area contributed by atoms with Crippen molar-refractivity contribution in [2.45, 2.75) is 20.0 Å². The lowest BCUT2D eigenvalue weighted by atomic mass is 10.1. The van der Waals surface area contributed by atoms with E-state index >= 15 is 0 Å². The lowest BCUT2D eigenvalue weighted by Crippen LogP contribution is -2.23. The van der Waals surface area contributed by atoms with Crippen LogP contribution in [0.3, 0.4) is 0 Å². The summed E-state index contributed by atoms with van der Waals surface area (Å²) in [5.41, 5.74) is 1.67. The van der Waals surface area contributed by atoms with Crippen molar-refractivity contribution in [2.75, 3.05) is 18.5 Å². The zero-order valence-electron chi connectivity index (χ0n) is 10.3. The van der Waals surface area contributed by atoms with E-state index in [9.17, 15) is 5.11 Å². The van der Waals surface area contributed by atoms with Crippen molar-refractivity contribution in [1.82, 2.24) is 0 Å². The van der Waals surface area contributed by atoms with E-state index < -0.39 is 6.10 Å². The van der Waals surface area contributed by atoms with Gasteiger partial charge >= 0.3 is 0 Å². The van der Waals surface area contributed by atoms with Gasteiger partial charge in [0.15, 0.2) is 0 Å². The number of anilines is 1. The molecule has 92 valence electrons. The number of nitrogens with zero attached hydrogens (tertiary/aromatic N) is 2. The fraction of sp³-hybridized carbons (Fsp3) is 0.462. The number of aliphatic hydroxyl groups is 1. The van der Waals surface area contributed by atoms with E-state index in [1.807, 2.05) is 37.1 Å². The van der Waals surface area contributed by atoms with Gasteiger partial charge in [-0.15, -0.1) is 0 Å². The minimum atomic E-state index is -0.570. The molecular formula is C13H17ClN2O. The van der Waals surface area contributed by atoms with Crippen molar-refractivity contribution in [3.63, 3.8) is 0 Å². The molecule has 0 saturated carbocycles. The van der Waals surface area contributed by atoms with Crippen molar-refractivity contribution < 1.29 is 5.11 Å². The molecule has 4 heteroatoms. The molecule has 0 fully saturated rings. The Morgan fingerprint density at radius 1 is 1.47 bits per heavy atom. The summed E-state index contributed by atoms with van der Waals surface area (Å²) in [6, 6.07) is 7.72. The number of hydrogen-bond donors (Lipinski definition) is 1. The third-order valence-electron chi connectivity index (χ3n) is 2.64. The molecule has 1 N–H and O–H groups in total. The predicted octanol–water partition coefficient (Wildman–Crippen LogP) is 2.99. The summed E-state index contributed by atoms with van der Waals surface area (Å²) >= 11 is 6.09. The number of rotatable bonds is 4. The average molecular weight is 253 g/mol. The molecule has 2 atom stereocenters. The second kappa shape index (κ2) is 5.90. The second-order valence-corrected chi connectivity index (χ2v) is 4.70. The molecule has 1 aromatic carbocycles. The van der Waals surface area contributed by atoms with Gasteiger partial charge in [0, 0.05) is 24.3 Å². The Labute approximate surface area is 107 Å². The number of benzene rings is 1. The smallest absolute Gasteiger partial charge is 0.0776 e. The fourth-order valence-electron chi connectivity index (χ4n) is 1.65. The Bertz CT molecular complexity index is 426. The lowest BCUT2D eigenvalue weighted by Gasteiger charge is -2.21. The normalized spacial score (nSPS) is 13.9. The fourth-order valence-corrected chi connectivity index (χ4v) is 1.98. The third kappa shape index (κ3) is 3.62. The maximum absolute atomic E-state index is 9.48. The molecule has 0 spiro atoms. The number of halogens is 1. The van der Waals surface area contributed by atoms with Gasteiger partial charge in [0.25, 0.3) is 0 Å². The molecule has 0 bridgehead atoms. The van der Waals surface area contributed by atoms with Crippen molar-refractivity contribution in [2.24, 2.45) is 5.92 Å². The van der Waals surface area contributed by atoms with E-state index in [0.717, 1.165) is 11.3 Å². The molecule has 0 heterocycles. The van der Waals surface area contributed by atoms with Crippen molar-refractivity contribution in [1.29, 1.82) is 5.26 Å². The van der Waals surface area contributed by atoms with Crippen LogP contribution in [0.15, 0.2) is 18.2 Å². The first-order valence-electron chi connectivity index (χ1n) is 5.54. The first kappa shape index (κ1) is 13.8. The molecule has 1 aromatic rings. The minimum absolute atomic E-state index is 0.0322. The van der Waals surface area contributed by atoms with E-state index in [0.29, 0.717) is 11.6 Å².